The summed E-state index contributed by atoms with van der Waals surface area (Å²) in [5.74, 6) is 0.125. The van der Waals surface area contributed by atoms with E-state index in [0.717, 1.165) is 31.2 Å². The molecule has 4 nitrogen and oxygen atoms in total. The first-order valence-corrected chi connectivity index (χ1v) is 9.98. The molecule has 0 unspecified atom stereocenters. The molecule has 1 heterocycles. The number of rotatable bonds is 5. The minimum atomic E-state index is -0.378. The third-order valence-electron chi connectivity index (χ3n) is 4.90. The Morgan fingerprint density at radius 2 is 1.85 bits per heavy atom. The van der Waals surface area contributed by atoms with Gasteiger partial charge in [-0.1, -0.05) is 0 Å². The zero-order chi connectivity index (χ0) is 19.4. The first-order valence-electron chi connectivity index (χ1n) is 9.18. The number of carbonyl (C=O) groups is 1. The number of benzene rings is 2. The number of nitrogens with zero attached hydrogens (tertiary/aromatic N) is 2. The first kappa shape index (κ1) is 19.8. The first-order chi connectivity index (χ1) is 12.9. The molecule has 6 heteroatoms. The number of amides is 1. The zero-order valence-corrected chi connectivity index (χ0v) is 17.3. The molecule has 0 aromatic heterocycles. The third-order valence-corrected chi connectivity index (χ3v) is 5.56. The summed E-state index contributed by atoms with van der Waals surface area (Å²) in [7, 11) is 4.26. The maximum absolute atomic E-state index is 13.2. The van der Waals surface area contributed by atoms with Crippen molar-refractivity contribution in [2.45, 2.75) is 12.8 Å². The second kappa shape index (κ2) is 8.85. The molecule has 0 radical (unpaired) electrons. The van der Waals surface area contributed by atoms with Crippen molar-refractivity contribution in [2.24, 2.45) is 5.92 Å². The third kappa shape index (κ3) is 5.30. The molecule has 1 aliphatic heterocycles. The van der Waals surface area contributed by atoms with Crippen LogP contribution < -0.4 is 10.2 Å². The van der Waals surface area contributed by atoms with Crippen molar-refractivity contribution in [2.75, 3.05) is 43.9 Å². The van der Waals surface area contributed by atoms with Gasteiger partial charge < -0.3 is 15.1 Å². The molecule has 1 amide bonds. The van der Waals surface area contributed by atoms with Gasteiger partial charge in [-0.25, -0.2) is 4.39 Å². The van der Waals surface area contributed by atoms with Gasteiger partial charge in [-0.2, -0.15) is 0 Å². The van der Waals surface area contributed by atoms with Crippen LogP contribution in [0.15, 0.2) is 46.9 Å². The van der Waals surface area contributed by atoms with Gasteiger partial charge in [0.15, 0.2) is 0 Å². The van der Waals surface area contributed by atoms with Gasteiger partial charge in [-0.15, -0.1) is 0 Å². The van der Waals surface area contributed by atoms with Crippen molar-refractivity contribution >= 4 is 33.2 Å². The molecule has 1 aliphatic rings. The normalized spacial score (nSPS) is 15.2. The summed E-state index contributed by atoms with van der Waals surface area (Å²) in [5.41, 5.74) is 2.31. The fourth-order valence-electron chi connectivity index (χ4n) is 3.52. The van der Waals surface area contributed by atoms with Crippen molar-refractivity contribution in [1.82, 2.24) is 4.90 Å². The number of anilines is 2. The quantitative estimate of drug-likeness (QED) is 0.746. The van der Waals surface area contributed by atoms with E-state index in [-0.39, 0.29) is 11.7 Å². The van der Waals surface area contributed by atoms with Crippen LogP contribution in [0.5, 0.6) is 0 Å². The lowest BCUT2D eigenvalue weighted by Gasteiger charge is -2.34. The summed E-state index contributed by atoms with van der Waals surface area (Å²) in [6, 6.07) is 12.0. The smallest absolute Gasteiger partial charge is 0.256 e. The van der Waals surface area contributed by atoms with E-state index < -0.39 is 0 Å². The Balaban J connectivity index is 1.58. The lowest BCUT2D eigenvalue weighted by Crippen LogP contribution is -2.37. The van der Waals surface area contributed by atoms with Crippen molar-refractivity contribution in [1.29, 1.82) is 0 Å². The van der Waals surface area contributed by atoms with E-state index in [0.29, 0.717) is 10.0 Å². The molecule has 144 valence electrons. The van der Waals surface area contributed by atoms with E-state index in [9.17, 15) is 9.18 Å². The Hall–Kier alpha value is -1.92. The Bertz CT molecular complexity index is 787. The molecule has 0 bridgehead atoms. The number of hydrogen-bond donors (Lipinski definition) is 1. The van der Waals surface area contributed by atoms with E-state index in [4.69, 9.17) is 0 Å². The number of nitrogens with one attached hydrogen (secondary N) is 1. The van der Waals surface area contributed by atoms with Gasteiger partial charge in [0.1, 0.15) is 5.82 Å². The zero-order valence-electron chi connectivity index (χ0n) is 15.7. The highest BCUT2D eigenvalue weighted by Crippen LogP contribution is 2.25. The minimum Gasteiger partial charge on any atom is -0.372 e. The van der Waals surface area contributed by atoms with Crippen molar-refractivity contribution < 1.29 is 9.18 Å². The summed E-state index contributed by atoms with van der Waals surface area (Å²) in [5, 5.41) is 2.86. The number of halogens is 2. The number of hydrogen-bond acceptors (Lipinski definition) is 3. The molecule has 0 atom stereocenters. The van der Waals surface area contributed by atoms with Gasteiger partial charge >= 0.3 is 0 Å². The standard InChI is InChI=1S/C21H25BrFN3O/c1-25(2)14-15-9-11-26(12-10-15)18-6-4-17(5-7-18)24-21(27)19-8-3-16(23)13-20(19)22/h3-8,13,15H,9-12,14H2,1-2H3,(H,24,27). The summed E-state index contributed by atoms with van der Waals surface area (Å²) < 4.78 is 13.6. The predicted molar refractivity (Wildman–Crippen MR) is 112 cm³/mol. The summed E-state index contributed by atoms with van der Waals surface area (Å²) in [6.07, 6.45) is 2.41. The Labute approximate surface area is 168 Å². The second-order valence-electron chi connectivity index (χ2n) is 7.32. The van der Waals surface area contributed by atoms with Crippen molar-refractivity contribution in [3.63, 3.8) is 0 Å². The summed E-state index contributed by atoms with van der Waals surface area (Å²) in [4.78, 5) is 17.0. The van der Waals surface area contributed by atoms with Crippen LogP contribution >= 0.6 is 15.9 Å². The molecule has 0 saturated carbocycles. The topological polar surface area (TPSA) is 35.6 Å². The molecule has 2 aromatic carbocycles. The van der Waals surface area contributed by atoms with Crippen LogP contribution in [0, 0.1) is 11.7 Å². The van der Waals surface area contributed by atoms with Gasteiger partial charge in [-0.3, -0.25) is 4.79 Å². The maximum atomic E-state index is 13.2. The highest BCUT2D eigenvalue weighted by molar-refractivity contribution is 9.10. The van der Waals surface area contributed by atoms with E-state index in [1.165, 1.54) is 36.7 Å². The average Bonchev–Trinajstić information content (AvgIpc) is 2.62. The molecule has 3 rings (SSSR count). The average molecular weight is 434 g/mol. The van der Waals surface area contributed by atoms with E-state index >= 15 is 0 Å². The van der Waals surface area contributed by atoms with Crippen molar-refractivity contribution in [3.8, 4) is 0 Å². The molecule has 0 spiro atoms. The Kier molecular flexibility index (Phi) is 6.50. The van der Waals surface area contributed by atoms with Gasteiger partial charge in [0, 0.05) is 35.5 Å². The summed E-state index contributed by atoms with van der Waals surface area (Å²) >= 11 is 3.23. The number of piperidine rings is 1. The molecule has 1 N–H and O–H groups in total. The lowest BCUT2D eigenvalue weighted by atomic mass is 9.96. The van der Waals surface area contributed by atoms with Crippen LogP contribution in [-0.4, -0.2) is 44.5 Å². The monoisotopic (exact) mass is 433 g/mol. The highest BCUT2D eigenvalue weighted by atomic mass is 79.9. The SMILES string of the molecule is CN(C)CC1CCN(c2ccc(NC(=O)c3ccc(F)cc3Br)cc2)CC1. The Morgan fingerprint density at radius 3 is 2.44 bits per heavy atom. The molecule has 0 aliphatic carbocycles. The van der Waals surface area contributed by atoms with E-state index in [2.05, 4.69) is 45.1 Å². The van der Waals surface area contributed by atoms with Gasteiger partial charge in [-0.05, 0) is 91.2 Å². The minimum absolute atomic E-state index is 0.265. The van der Waals surface area contributed by atoms with Crippen LogP contribution in [0.3, 0.4) is 0 Å². The lowest BCUT2D eigenvalue weighted by molar-refractivity contribution is 0.102. The van der Waals surface area contributed by atoms with Gasteiger partial charge in [0.2, 0.25) is 0 Å². The molecule has 1 fully saturated rings. The Morgan fingerprint density at radius 1 is 1.19 bits per heavy atom. The van der Waals surface area contributed by atoms with Gasteiger partial charge in [0.05, 0.1) is 5.56 Å². The van der Waals surface area contributed by atoms with Crippen LogP contribution in [0.2, 0.25) is 0 Å². The van der Waals surface area contributed by atoms with E-state index in [1.807, 2.05) is 24.3 Å². The fourth-order valence-corrected chi connectivity index (χ4v) is 4.05. The van der Waals surface area contributed by atoms with Crippen LogP contribution in [0.1, 0.15) is 23.2 Å². The van der Waals surface area contributed by atoms with E-state index in [1.54, 1.807) is 0 Å². The van der Waals surface area contributed by atoms with Crippen LogP contribution in [0.4, 0.5) is 15.8 Å². The van der Waals surface area contributed by atoms with Gasteiger partial charge in [0.25, 0.3) is 5.91 Å². The predicted octanol–water partition coefficient (Wildman–Crippen LogP) is 4.62. The maximum Gasteiger partial charge on any atom is 0.256 e. The van der Waals surface area contributed by atoms with Crippen LogP contribution in [0.25, 0.3) is 0 Å². The molecule has 27 heavy (non-hydrogen) atoms. The van der Waals surface area contributed by atoms with Crippen LogP contribution in [-0.2, 0) is 0 Å². The fraction of sp³-hybridized carbons (Fsp3) is 0.381. The summed E-state index contributed by atoms with van der Waals surface area (Å²) in [6.45, 7) is 3.28. The molecular weight excluding hydrogens is 409 g/mol. The van der Waals surface area contributed by atoms with Crippen molar-refractivity contribution in [3.05, 3.63) is 58.3 Å². The molecular formula is C21H25BrFN3O. The second-order valence-corrected chi connectivity index (χ2v) is 8.17. The number of carbonyl (C=O) groups excluding carboxylic acids is 1. The molecule has 2 aromatic rings. The largest absolute Gasteiger partial charge is 0.372 e. The molecule has 1 saturated heterocycles. The highest BCUT2D eigenvalue weighted by Gasteiger charge is 2.20.